The summed E-state index contributed by atoms with van der Waals surface area (Å²) in [5.41, 5.74) is 2.51. The molecule has 1 aliphatic heterocycles. The average molecular weight is 574 g/mol. The summed E-state index contributed by atoms with van der Waals surface area (Å²) in [6.07, 6.45) is 0.274. The van der Waals surface area contributed by atoms with Gasteiger partial charge in [0.05, 0.1) is 26.7 Å². The Labute approximate surface area is 239 Å². The number of carbonyl (C=O) groups is 2. The normalized spacial score (nSPS) is 16.2. The van der Waals surface area contributed by atoms with Crippen LogP contribution in [0.4, 0.5) is 11.5 Å². The predicted molar refractivity (Wildman–Crippen MR) is 155 cm³/mol. The minimum absolute atomic E-state index is 0.185. The van der Waals surface area contributed by atoms with E-state index in [0.717, 1.165) is 17.4 Å². The Morgan fingerprint density at radius 1 is 1.03 bits per heavy atom. The van der Waals surface area contributed by atoms with Crippen molar-refractivity contribution >= 4 is 58.3 Å². The van der Waals surface area contributed by atoms with E-state index in [-0.39, 0.29) is 22.9 Å². The van der Waals surface area contributed by atoms with Gasteiger partial charge in [0.15, 0.2) is 0 Å². The topological polar surface area (TPSA) is 91.0 Å². The lowest BCUT2D eigenvalue weighted by Crippen LogP contribution is -2.31. The van der Waals surface area contributed by atoms with E-state index < -0.39 is 11.2 Å². The van der Waals surface area contributed by atoms with Crippen LogP contribution < -0.4 is 10.2 Å². The first-order valence-corrected chi connectivity index (χ1v) is 13.6. The van der Waals surface area contributed by atoms with Gasteiger partial charge in [0.1, 0.15) is 22.5 Å². The molecule has 2 amide bonds. The standard InChI is InChI=1S/C29H21Cl2N5O2S/c1-18-15-25(36(34-18)21-12-6-3-7-13-21)33-27(37)22(17-32)29-35(20-10-4-2-5-11-20)28(38)24(39-29)16-19-9-8-14-23(30)26(19)31/h2-15,24H,16H2,1H3,(H,33,37)/b29-22-. The summed E-state index contributed by atoms with van der Waals surface area (Å²) in [7, 11) is 0. The van der Waals surface area contributed by atoms with Gasteiger partial charge in [0, 0.05) is 11.8 Å². The number of benzene rings is 3. The highest BCUT2D eigenvalue weighted by Gasteiger charge is 2.41. The fourth-order valence-electron chi connectivity index (χ4n) is 4.24. The predicted octanol–water partition coefficient (Wildman–Crippen LogP) is 6.55. The van der Waals surface area contributed by atoms with Crippen molar-refractivity contribution in [1.82, 2.24) is 9.78 Å². The maximum atomic E-state index is 13.7. The fraction of sp³-hybridized carbons (Fsp3) is 0.103. The zero-order valence-electron chi connectivity index (χ0n) is 20.6. The highest BCUT2D eigenvalue weighted by molar-refractivity contribution is 8.05. The molecule has 1 aliphatic rings. The van der Waals surface area contributed by atoms with Crippen LogP contribution in [0, 0.1) is 18.3 Å². The van der Waals surface area contributed by atoms with Crippen LogP contribution in [-0.2, 0) is 16.0 Å². The van der Waals surface area contributed by atoms with Crippen LogP contribution in [-0.4, -0.2) is 26.8 Å². The second-order valence-corrected chi connectivity index (χ2v) is 10.7. The molecule has 0 bridgehead atoms. The van der Waals surface area contributed by atoms with Gasteiger partial charge in [-0.3, -0.25) is 14.5 Å². The molecule has 7 nitrogen and oxygen atoms in total. The van der Waals surface area contributed by atoms with Gasteiger partial charge in [0.2, 0.25) is 5.91 Å². The third-order valence-corrected chi connectivity index (χ3v) is 8.15. The van der Waals surface area contributed by atoms with Gasteiger partial charge < -0.3 is 5.32 Å². The molecule has 2 heterocycles. The van der Waals surface area contributed by atoms with Gasteiger partial charge in [-0.15, -0.1) is 0 Å². The molecule has 10 heteroatoms. The molecule has 1 unspecified atom stereocenters. The van der Waals surface area contributed by atoms with Crippen molar-refractivity contribution in [3.8, 4) is 11.8 Å². The first-order valence-electron chi connectivity index (χ1n) is 11.9. The van der Waals surface area contributed by atoms with Gasteiger partial charge in [-0.2, -0.15) is 10.4 Å². The molecule has 0 radical (unpaired) electrons. The van der Waals surface area contributed by atoms with Crippen LogP contribution in [0.5, 0.6) is 0 Å². The molecule has 1 saturated heterocycles. The molecule has 0 aliphatic carbocycles. The lowest BCUT2D eigenvalue weighted by Gasteiger charge is -2.18. The van der Waals surface area contributed by atoms with Crippen molar-refractivity contribution in [3.63, 3.8) is 0 Å². The van der Waals surface area contributed by atoms with Crippen LogP contribution in [0.3, 0.4) is 0 Å². The number of rotatable bonds is 6. The minimum Gasteiger partial charge on any atom is -0.306 e. The number of amides is 2. The first-order chi connectivity index (χ1) is 18.9. The Morgan fingerprint density at radius 3 is 2.36 bits per heavy atom. The van der Waals surface area contributed by atoms with Crippen LogP contribution in [0.2, 0.25) is 10.0 Å². The number of carbonyl (C=O) groups excluding carboxylic acids is 2. The van der Waals surface area contributed by atoms with E-state index in [1.165, 1.54) is 4.90 Å². The van der Waals surface area contributed by atoms with Crippen molar-refractivity contribution in [2.75, 3.05) is 10.2 Å². The third kappa shape index (κ3) is 5.43. The molecule has 39 heavy (non-hydrogen) atoms. The number of hydrogen-bond donors (Lipinski definition) is 1. The van der Waals surface area contributed by atoms with Crippen LogP contribution in [0.15, 0.2) is 95.5 Å². The number of aromatic nitrogens is 2. The fourth-order valence-corrected chi connectivity index (χ4v) is 5.93. The molecular weight excluding hydrogens is 553 g/mol. The second kappa shape index (κ2) is 11.4. The molecule has 1 fully saturated rings. The Kier molecular flexibility index (Phi) is 7.75. The van der Waals surface area contributed by atoms with Gasteiger partial charge in [-0.05, 0) is 49.2 Å². The largest absolute Gasteiger partial charge is 0.306 e. The van der Waals surface area contributed by atoms with Crippen molar-refractivity contribution in [3.05, 3.63) is 117 Å². The van der Waals surface area contributed by atoms with E-state index in [2.05, 4.69) is 10.4 Å². The highest BCUT2D eigenvalue weighted by atomic mass is 35.5. The molecule has 0 spiro atoms. The summed E-state index contributed by atoms with van der Waals surface area (Å²) < 4.78 is 1.60. The number of nitrogens with zero attached hydrogens (tertiary/aromatic N) is 4. The molecule has 1 aromatic heterocycles. The lowest BCUT2D eigenvalue weighted by atomic mass is 10.1. The Bertz CT molecular complexity index is 1630. The van der Waals surface area contributed by atoms with Crippen molar-refractivity contribution < 1.29 is 9.59 Å². The maximum Gasteiger partial charge on any atom is 0.270 e. The highest BCUT2D eigenvalue weighted by Crippen LogP contribution is 2.43. The number of para-hydroxylation sites is 2. The summed E-state index contributed by atoms with van der Waals surface area (Å²) in [5, 5.41) is 17.8. The van der Waals surface area contributed by atoms with Crippen molar-refractivity contribution in [2.24, 2.45) is 0 Å². The van der Waals surface area contributed by atoms with Gasteiger partial charge in [-0.25, -0.2) is 4.68 Å². The van der Waals surface area contributed by atoms with Gasteiger partial charge in [-0.1, -0.05) is 83.5 Å². The molecule has 1 N–H and O–H groups in total. The van der Waals surface area contributed by atoms with E-state index in [4.69, 9.17) is 23.2 Å². The Hall–Kier alpha value is -4.03. The zero-order valence-corrected chi connectivity index (χ0v) is 23.0. The van der Waals surface area contributed by atoms with Gasteiger partial charge in [0.25, 0.3) is 5.91 Å². The number of nitriles is 1. The maximum absolute atomic E-state index is 13.7. The quantitative estimate of drug-likeness (QED) is 0.208. The summed E-state index contributed by atoms with van der Waals surface area (Å²) in [6, 6.07) is 27.3. The number of nitrogens with one attached hydrogen (secondary N) is 1. The summed E-state index contributed by atoms with van der Waals surface area (Å²) in [6.45, 7) is 1.81. The van der Waals surface area contributed by atoms with Crippen molar-refractivity contribution in [1.29, 1.82) is 5.26 Å². The number of halogens is 2. The molecule has 4 aromatic rings. The van der Waals surface area contributed by atoms with Crippen LogP contribution >= 0.6 is 35.0 Å². The molecule has 194 valence electrons. The number of thioether (sulfide) groups is 1. The second-order valence-electron chi connectivity index (χ2n) is 8.70. The Morgan fingerprint density at radius 2 is 1.69 bits per heavy atom. The number of hydrogen-bond acceptors (Lipinski definition) is 5. The average Bonchev–Trinajstić information content (AvgIpc) is 3.46. The van der Waals surface area contributed by atoms with E-state index >= 15 is 0 Å². The molecule has 0 saturated carbocycles. The van der Waals surface area contributed by atoms with E-state index in [9.17, 15) is 14.9 Å². The van der Waals surface area contributed by atoms with Crippen LogP contribution in [0.25, 0.3) is 5.69 Å². The third-order valence-electron chi connectivity index (χ3n) is 6.03. The molecular formula is C29H21Cl2N5O2S. The molecule has 1 atom stereocenters. The number of anilines is 2. The smallest absolute Gasteiger partial charge is 0.270 e. The molecule has 3 aromatic carbocycles. The summed E-state index contributed by atoms with van der Waals surface area (Å²) >= 11 is 13.8. The Balaban J connectivity index is 1.53. The molecule has 5 rings (SSSR count). The monoisotopic (exact) mass is 573 g/mol. The van der Waals surface area contributed by atoms with Gasteiger partial charge >= 0.3 is 0 Å². The SMILES string of the molecule is Cc1cc(NC(=O)/C(C#N)=C2\SC(Cc3cccc(Cl)c3Cl)C(=O)N2c2ccccc2)n(-c2ccccc2)n1. The first kappa shape index (κ1) is 26.6. The minimum atomic E-state index is -0.646. The van der Waals surface area contributed by atoms with E-state index in [1.54, 1.807) is 47.1 Å². The zero-order chi connectivity index (χ0) is 27.5. The lowest BCUT2D eigenvalue weighted by molar-refractivity contribution is -0.117. The van der Waals surface area contributed by atoms with E-state index in [0.29, 0.717) is 32.8 Å². The van der Waals surface area contributed by atoms with Crippen LogP contribution in [0.1, 0.15) is 11.3 Å². The van der Waals surface area contributed by atoms with E-state index in [1.807, 2.05) is 55.5 Å². The number of aryl methyl sites for hydroxylation is 1. The van der Waals surface area contributed by atoms with Crippen molar-refractivity contribution in [2.45, 2.75) is 18.6 Å². The summed E-state index contributed by atoms with van der Waals surface area (Å²) in [5.74, 6) is -0.505. The summed E-state index contributed by atoms with van der Waals surface area (Å²) in [4.78, 5) is 28.7.